The lowest BCUT2D eigenvalue weighted by Crippen LogP contribution is -2.57. The largest absolute Gasteiger partial charge is 0.471 e. The Kier molecular flexibility index (Phi) is 5.70. The summed E-state index contributed by atoms with van der Waals surface area (Å²) in [6, 6.07) is 9.09. The Labute approximate surface area is 175 Å². The van der Waals surface area contributed by atoms with Crippen LogP contribution in [0.25, 0.3) is 0 Å². The van der Waals surface area contributed by atoms with E-state index in [0.717, 1.165) is 43.8 Å². The number of piperidine rings is 3. The number of nitrogens with one attached hydrogen (secondary N) is 2. The van der Waals surface area contributed by atoms with Crippen molar-refractivity contribution in [3.63, 3.8) is 0 Å². The number of benzene rings is 1. The molecule has 1 aromatic heterocycles. The molecule has 3 aliphatic rings. The highest BCUT2D eigenvalue weighted by Crippen LogP contribution is 2.32. The third kappa shape index (κ3) is 4.76. The van der Waals surface area contributed by atoms with E-state index in [0.29, 0.717) is 15.9 Å². The summed E-state index contributed by atoms with van der Waals surface area (Å²) in [7, 11) is 0. The molecule has 0 saturated carbocycles. The number of carbonyl (C=O) groups is 2. The lowest BCUT2D eigenvalue weighted by molar-refractivity contribution is -0.167. The van der Waals surface area contributed by atoms with Gasteiger partial charge in [-0.2, -0.15) is 13.2 Å². The molecule has 2 aromatic rings. The average Bonchev–Trinajstić information content (AvgIpc) is 3.17. The maximum absolute atomic E-state index is 12.6. The lowest BCUT2D eigenvalue weighted by atomic mass is 9.84. The standard InChI is InChI=1S/C20H20F3N3O3S/c21-20(22,23)19(28)24-13-2-1-3-14(10-13)29-17-5-4-16(30-17)18(27)25-15-11-26-8-6-12(15)7-9-26/h1-5,10,12,15H,6-9,11H2,(H,24,28)(H,25,27)/t15-/m0/s1. The lowest BCUT2D eigenvalue weighted by Gasteiger charge is -2.44. The van der Waals surface area contributed by atoms with Gasteiger partial charge < -0.3 is 20.3 Å². The number of carbonyl (C=O) groups excluding carboxylic acids is 2. The van der Waals surface area contributed by atoms with E-state index in [4.69, 9.17) is 4.74 Å². The van der Waals surface area contributed by atoms with Crippen LogP contribution in [0.15, 0.2) is 36.4 Å². The molecular formula is C20H20F3N3O3S. The van der Waals surface area contributed by atoms with Gasteiger partial charge in [-0.25, -0.2) is 0 Å². The van der Waals surface area contributed by atoms with Gasteiger partial charge in [0.25, 0.3) is 5.91 Å². The monoisotopic (exact) mass is 439 g/mol. The van der Waals surface area contributed by atoms with Gasteiger partial charge in [0, 0.05) is 24.3 Å². The van der Waals surface area contributed by atoms with Crippen LogP contribution in [0.3, 0.4) is 0 Å². The van der Waals surface area contributed by atoms with Crippen LogP contribution in [0.4, 0.5) is 18.9 Å². The number of fused-ring (bicyclic) bond motifs is 3. The minimum Gasteiger partial charge on any atom is -0.447 e. The summed E-state index contributed by atoms with van der Waals surface area (Å²) in [6.45, 7) is 3.06. The van der Waals surface area contributed by atoms with Crippen molar-refractivity contribution in [1.29, 1.82) is 0 Å². The summed E-state index contributed by atoms with van der Waals surface area (Å²) < 4.78 is 42.8. The average molecular weight is 439 g/mol. The second-order valence-electron chi connectivity index (χ2n) is 7.42. The molecule has 4 heterocycles. The third-order valence-corrected chi connectivity index (χ3v) is 6.31. The Morgan fingerprint density at radius 2 is 1.90 bits per heavy atom. The highest BCUT2D eigenvalue weighted by atomic mass is 32.1. The molecule has 2 N–H and O–H groups in total. The van der Waals surface area contributed by atoms with Crippen molar-refractivity contribution < 1.29 is 27.5 Å². The smallest absolute Gasteiger partial charge is 0.447 e. The predicted molar refractivity (Wildman–Crippen MR) is 106 cm³/mol. The fourth-order valence-corrected chi connectivity index (χ4v) is 4.60. The van der Waals surface area contributed by atoms with Gasteiger partial charge in [-0.3, -0.25) is 9.59 Å². The second-order valence-corrected chi connectivity index (χ2v) is 8.46. The van der Waals surface area contributed by atoms with Crippen molar-refractivity contribution in [3.05, 3.63) is 41.3 Å². The van der Waals surface area contributed by atoms with Gasteiger partial charge in [0.05, 0.1) is 4.88 Å². The summed E-state index contributed by atoms with van der Waals surface area (Å²) in [4.78, 5) is 26.5. The Morgan fingerprint density at radius 3 is 2.57 bits per heavy atom. The Bertz CT molecular complexity index is 939. The summed E-state index contributed by atoms with van der Waals surface area (Å²) in [5, 5.41) is 5.31. The molecule has 0 aliphatic carbocycles. The summed E-state index contributed by atoms with van der Waals surface area (Å²) >= 11 is 1.15. The molecule has 30 heavy (non-hydrogen) atoms. The van der Waals surface area contributed by atoms with Gasteiger partial charge >= 0.3 is 12.1 Å². The number of hydrogen-bond acceptors (Lipinski definition) is 5. The van der Waals surface area contributed by atoms with Crippen LogP contribution < -0.4 is 15.4 Å². The zero-order valence-electron chi connectivity index (χ0n) is 15.9. The van der Waals surface area contributed by atoms with Crippen molar-refractivity contribution in [1.82, 2.24) is 10.2 Å². The van der Waals surface area contributed by atoms with Crippen molar-refractivity contribution in [2.75, 3.05) is 25.0 Å². The van der Waals surface area contributed by atoms with Crippen molar-refractivity contribution >= 4 is 28.8 Å². The molecule has 0 radical (unpaired) electrons. The van der Waals surface area contributed by atoms with E-state index >= 15 is 0 Å². The topological polar surface area (TPSA) is 70.7 Å². The second kappa shape index (κ2) is 8.27. The first-order valence-electron chi connectivity index (χ1n) is 9.57. The summed E-state index contributed by atoms with van der Waals surface area (Å²) in [5.74, 6) is -1.44. The first kappa shape index (κ1) is 20.7. The van der Waals surface area contributed by atoms with Gasteiger partial charge in [-0.15, -0.1) is 0 Å². The Hall–Kier alpha value is -2.59. The van der Waals surface area contributed by atoms with E-state index in [9.17, 15) is 22.8 Å². The van der Waals surface area contributed by atoms with E-state index in [1.54, 1.807) is 23.5 Å². The van der Waals surface area contributed by atoms with Crippen molar-refractivity contribution in [2.45, 2.75) is 25.1 Å². The van der Waals surface area contributed by atoms with E-state index in [-0.39, 0.29) is 23.4 Å². The van der Waals surface area contributed by atoms with Gasteiger partial charge in [0.1, 0.15) is 5.75 Å². The number of rotatable bonds is 5. The van der Waals surface area contributed by atoms with Crippen LogP contribution >= 0.6 is 11.3 Å². The quantitative estimate of drug-likeness (QED) is 0.742. The normalized spacial score (nSPS) is 23.1. The number of amides is 2. The number of ether oxygens (including phenoxy) is 1. The minimum absolute atomic E-state index is 0.0355. The number of thiophene rings is 1. The first-order valence-corrected chi connectivity index (χ1v) is 10.4. The molecule has 5 rings (SSSR count). The molecule has 1 aromatic carbocycles. The van der Waals surface area contributed by atoms with Gasteiger partial charge in [0.15, 0.2) is 5.06 Å². The van der Waals surface area contributed by atoms with E-state index < -0.39 is 12.1 Å². The summed E-state index contributed by atoms with van der Waals surface area (Å²) in [6.07, 6.45) is -2.77. The number of nitrogens with zero attached hydrogens (tertiary/aromatic N) is 1. The van der Waals surface area contributed by atoms with Crippen LogP contribution in [0.1, 0.15) is 22.5 Å². The number of halogens is 3. The van der Waals surface area contributed by atoms with Crippen LogP contribution in [0.2, 0.25) is 0 Å². The molecule has 3 fully saturated rings. The van der Waals surface area contributed by atoms with Crippen LogP contribution in [-0.4, -0.2) is 48.6 Å². The highest BCUT2D eigenvalue weighted by Gasteiger charge is 2.38. The van der Waals surface area contributed by atoms with E-state index in [2.05, 4.69) is 10.2 Å². The zero-order chi connectivity index (χ0) is 21.3. The third-order valence-electron chi connectivity index (χ3n) is 5.35. The van der Waals surface area contributed by atoms with Crippen molar-refractivity contribution in [3.8, 4) is 10.8 Å². The molecular weight excluding hydrogens is 419 g/mol. The molecule has 1 atom stereocenters. The number of hydrogen-bond donors (Lipinski definition) is 2. The van der Waals surface area contributed by atoms with E-state index in [1.165, 1.54) is 18.2 Å². The van der Waals surface area contributed by atoms with Gasteiger partial charge in [-0.05, 0) is 56.1 Å². The molecule has 2 bridgehead atoms. The maximum atomic E-state index is 12.6. The minimum atomic E-state index is -4.97. The highest BCUT2D eigenvalue weighted by molar-refractivity contribution is 7.15. The number of alkyl halides is 3. The molecule has 3 saturated heterocycles. The fraction of sp³-hybridized carbons (Fsp3) is 0.400. The molecule has 10 heteroatoms. The molecule has 3 aliphatic heterocycles. The molecule has 6 nitrogen and oxygen atoms in total. The molecule has 0 unspecified atom stereocenters. The van der Waals surface area contributed by atoms with Crippen LogP contribution in [0.5, 0.6) is 10.8 Å². The molecule has 0 spiro atoms. The SMILES string of the molecule is O=C(N[C@H]1CN2CCC1CC2)c1ccc(Oc2cccc(NC(=O)C(F)(F)F)c2)s1. The Balaban J connectivity index is 1.37. The van der Waals surface area contributed by atoms with Gasteiger partial charge in [-0.1, -0.05) is 17.4 Å². The van der Waals surface area contributed by atoms with Crippen LogP contribution in [0, 0.1) is 5.92 Å². The number of anilines is 1. The first-order chi connectivity index (χ1) is 14.3. The predicted octanol–water partition coefficient (Wildman–Crippen LogP) is 3.87. The van der Waals surface area contributed by atoms with Gasteiger partial charge in [0.2, 0.25) is 0 Å². The van der Waals surface area contributed by atoms with E-state index in [1.807, 2.05) is 0 Å². The maximum Gasteiger partial charge on any atom is 0.471 e. The van der Waals surface area contributed by atoms with Crippen molar-refractivity contribution in [2.24, 2.45) is 5.92 Å². The fourth-order valence-electron chi connectivity index (χ4n) is 3.82. The summed E-state index contributed by atoms with van der Waals surface area (Å²) in [5.41, 5.74) is -0.0355. The Morgan fingerprint density at radius 1 is 1.13 bits per heavy atom. The van der Waals surface area contributed by atoms with Crippen LogP contribution in [-0.2, 0) is 4.79 Å². The zero-order valence-corrected chi connectivity index (χ0v) is 16.7. The molecule has 2 amide bonds. The molecule has 160 valence electrons.